The zero-order chi connectivity index (χ0) is 22.1. The second-order valence-electron chi connectivity index (χ2n) is 9.33. The molecular weight excluding hydrogens is 515 g/mol. The topological polar surface area (TPSA) is 69.9 Å². The Labute approximate surface area is 211 Å². The van der Waals surface area contributed by atoms with Crippen LogP contribution in [0.15, 0.2) is 27.8 Å². The van der Waals surface area contributed by atoms with E-state index in [1.165, 1.54) is 25.7 Å². The molecule has 2 N–H and O–H groups in total. The maximum absolute atomic E-state index is 12.7. The van der Waals surface area contributed by atoms with Gasteiger partial charge in [-0.2, -0.15) is 0 Å². The molecule has 7 heteroatoms. The molecule has 1 saturated heterocycles. The molecule has 2 heterocycles. The van der Waals surface area contributed by atoms with Crippen LogP contribution in [0.1, 0.15) is 77.9 Å². The van der Waals surface area contributed by atoms with E-state index in [0.717, 1.165) is 56.9 Å². The lowest BCUT2D eigenvalue weighted by Gasteiger charge is -2.36. The molecule has 1 saturated carbocycles. The fourth-order valence-corrected chi connectivity index (χ4v) is 4.91. The zero-order valence-corrected chi connectivity index (χ0v) is 22.5. The minimum absolute atomic E-state index is 0. The molecule has 0 spiro atoms. The summed E-state index contributed by atoms with van der Waals surface area (Å²) >= 11 is 0. The van der Waals surface area contributed by atoms with Crippen molar-refractivity contribution >= 4 is 35.8 Å². The van der Waals surface area contributed by atoms with Gasteiger partial charge in [-0.25, -0.2) is 0 Å². The van der Waals surface area contributed by atoms with E-state index < -0.39 is 0 Å². The van der Waals surface area contributed by atoms with Gasteiger partial charge in [0.1, 0.15) is 5.76 Å². The van der Waals surface area contributed by atoms with E-state index in [-0.39, 0.29) is 29.9 Å². The highest BCUT2D eigenvalue weighted by Crippen LogP contribution is 2.24. The number of hydrogen-bond acceptors (Lipinski definition) is 3. The van der Waals surface area contributed by atoms with Gasteiger partial charge in [-0.1, -0.05) is 33.6 Å². The molecule has 1 aliphatic carbocycles. The van der Waals surface area contributed by atoms with E-state index in [4.69, 9.17) is 9.41 Å². The van der Waals surface area contributed by atoms with Gasteiger partial charge in [0.15, 0.2) is 5.96 Å². The average Bonchev–Trinajstić information content (AvgIpc) is 3.30. The minimum Gasteiger partial charge on any atom is -0.469 e. The molecule has 32 heavy (non-hydrogen) atoms. The molecule has 1 amide bonds. The fraction of sp³-hybridized carbons (Fsp3) is 0.760. The number of nitrogens with one attached hydrogen (secondary N) is 2. The summed E-state index contributed by atoms with van der Waals surface area (Å²) in [4.78, 5) is 19.7. The minimum atomic E-state index is 0. The summed E-state index contributed by atoms with van der Waals surface area (Å²) in [6.07, 6.45) is 11.5. The quantitative estimate of drug-likeness (QED) is 0.268. The van der Waals surface area contributed by atoms with Crippen LogP contribution in [0.3, 0.4) is 0 Å². The summed E-state index contributed by atoms with van der Waals surface area (Å²) in [5.41, 5.74) is 0. The molecule has 6 nitrogen and oxygen atoms in total. The second kappa shape index (κ2) is 14.1. The molecule has 2 atom stereocenters. The summed E-state index contributed by atoms with van der Waals surface area (Å²) in [6.45, 7) is 8.96. The number of carbonyl (C=O) groups is 1. The second-order valence-corrected chi connectivity index (χ2v) is 9.33. The first-order valence-corrected chi connectivity index (χ1v) is 12.5. The molecule has 2 aliphatic rings. The first-order valence-electron chi connectivity index (χ1n) is 12.5. The van der Waals surface area contributed by atoms with Crippen LogP contribution in [-0.2, 0) is 11.2 Å². The van der Waals surface area contributed by atoms with Gasteiger partial charge < -0.3 is 20.0 Å². The van der Waals surface area contributed by atoms with Crippen molar-refractivity contribution in [2.75, 3.05) is 19.6 Å². The third kappa shape index (κ3) is 7.96. The van der Waals surface area contributed by atoms with Crippen LogP contribution in [0.25, 0.3) is 0 Å². The first kappa shape index (κ1) is 27.0. The van der Waals surface area contributed by atoms with Crippen LogP contribution in [0, 0.1) is 11.8 Å². The SMILES string of the molecule is CCC(CC)C(=O)N1CCC(NC(=NCCc2ccco2)NC2CCCCC2C)CC1.I. The highest BCUT2D eigenvalue weighted by Gasteiger charge is 2.28. The predicted molar refractivity (Wildman–Crippen MR) is 141 cm³/mol. The number of aliphatic imine (C=N–C) groups is 1. The predicted octanol–water partition coefficient (Wildman–Crippen LogP) is 4.98. The third-order valence-electron chi connectivity index (χ3n) is 7.12. The van der Waals surface area contributed by atoms with Crippen molar-refractivity contribution in [2.45, 2.75) is 90.6 Å². The number of furan rings is 1. The molecule has 0 bridgehead atoms. The van der Waals surface area contributed by atoms with Gasteiger partial charge in [0.05, 0.1) is 6.26 Å². The Morgan fingerprint density at radius 2 is 1.88 bits per heavy atom. The van der Waals surface area contributed by atoms with Crippen LogP contribution < -0.4 is 10.6 Å². The van der Waals surface area contributed by atoms with E-state index in [2.05, 4.69) is 36.3 Å². The van der Waals surface area contributed by atoms with Gasteiger partial charge in [-0.05, 0) is 56.6 Å². The molecule has 0 aromatic carbocycles. The highest BCUT2D eigenvalue weighted by atomic mass is 127. The van der Waals surface area contributed by atoms with Crippen molar-refractivity contribution in [2.24, 2.45) is 16.8 Å². The van der Waals surface area contributed by atoms with Crippen molar-refractivity contribution in [3.8, 4) is 0 Å². The maximum Gasteiger partial charge on any atom is 0.225 e. The van der Waals surface area contributed by atoms with Gasteiger partial charge in [-0.3, -0.25) is 9.79 Å². The lowest BCUT2D eigenvalue weighted by atomic mass is 9.86. The van der Waals surface area contributed by atoms with Crippen LogP contribution >= 0.6 is 24.0 Å². The molecule has 1 aliphatic heterocycles. The molecule has 0 radical (unpaired) electrons. The molecule has 2 unspecified atom stereocenters. The van der Waals surface area contributed by atoms with E-state index in [0.29, 0.717) is 30.5 Å². The summed E-state index contributed by atoms with van der Waals surface area (Å²) in [5.74, 6) is 3.09. The van der Waals surface area contributed by atoms with Crippen LogP contribution in [-0.4, -0.2) is 48.5 Å². The number of piperidine rings is 1. The number of rotatable bonds is 8. The van der Waals surface area contributed by atoms with E-state index in [9.17, 15) is 4.79 Å². The maximum atomic E-state index is 12.7. The molecule has 3 rings (SSSR count). The number of hydrogen-bond donors (Lipinski definition) is 2. The van der Waals surface area contributed by atoms with Crippen LogP contribution in [0.5, 0.6) is 0 Å². The van der Waals surface area contributed by atoms with Crippen LogP contribution in [0.4, 0.5) is 0 Å². The Balaban J connectivity index is 0.00000363. The standard InChI is InChI=1S/C25H42N4O2.HI/c1-4-20(5-2)24(30)29-16-13-21(14-17-29)27-25(26-15-12-22-10-8-18-31-22)28-23-11-7-6-9-19(23)3;/h8,10,18-21,23H,4-7,9,11-17H2,1-3H3,(H2,26,27,28);1H. The summed E-state index contributed by atoms with van der Waals surface area (Å²) < 4.78 is 5.46. The number of halogens is 1. The van der Waals surface area contributed by atoms with Gasteiger partial charge in [0, 0.05) is 44.1 Å². The monoisotopic (exact) mass is 558 g/mol. The van der Waals surface area contributed by atoms with E-state index >= 15 is 0 Å². The zero-order valence-electron chi connectivity index (χ0n) is 20.1. The Kier molecular flexibility index (Phi) is 11.9. The summed E-state index contributed by atoms with van der Waals surface area (Å²) in [7, 11) is 0. The van der Waals surface area contributed by atoms with Gasteiger partial charge in [0.2, 0.25) is 5.91 Å². The molecular formula is C25H43IN4O2. The van der Waals surface area contributed by atoms with Crippen molar-refractivity contribution < 1.29 is 9.21 Å². The molecule has 182 valence electrons. The lowest BCUT2D eigenvalue weighted by molar-refractivity contribution is -0.136. The third-order valence-corrected chi connectivity index (χ3v) is 7.12. The van der Waals surface area contributed by atoms with Crippen molar-refractivity contribution in [1.82, 2.24) is 15.5 Å². The van der Waals surface area contributed by atoms with E-state index in [1.54, 1.807) is 6.26 Å². The molecule has 1 aromatic rings. The number of carbonyl (C=O) groups excluding carboxylic acids is 1. The largest absolute Gasteiger partial charge is 0.469 e. The summed E-state index contributed by atoms with van der Waals surface area (Å²) in [6, 6.07) is 4.78. The number of amides is 1. The first-order chi connectivity index (χ1) is 15.1. The van der Waals surface area contributed by atoms with Gasteiger partial charge in [0.25, 0.3) is 0 Å². The van der Waals surface area contributed by atoms with E-state index in [1.807, 2.05) is 12.1 Å². The Morgan fingerprint density at radius 3 is 2.50 bits per heavy atom. The van der Waals surface area contributed by atoms with Crippen molar-refractivity contribution in [3.63, 3.8) is 0 Å². The van der Waals surface area contributed by atoms with Gasteiger partial charge >= 0.3 is 0 Å². The fourth-order valence-electron chi connectivity index (χ4n) is 4.91. The van der Waals surface area contributed by atoms with Crippen LogP contribution in [0.2, 0.25) is 0 Å². The number of guanidine groups is 1. The lowest BCUT2D eigenvalue weighted by Crippen LogP contribution is -2.53. The highest BCUT2D eigenvalue weighted by molar-refractivity contribution is 14.0. The normalized spacial score (nSPS) is 22.5. The van der Waals surface area contributed by atoms with Crippen molar-refractivity contribution in [3.05, 3.63) is 24.2 Å². The average molecular weight is 559 g/mol. The molecule has 2 fully saturated rings. The Morgan fingerprint density at radius 1 is 1.16 bits per heavy atom. The van der Waals surface area contributed by atoms with Gasteiger partial charge in [-0.15, -0.1) is 24.0 Å². The Hall–Kier alpha value is -1.25. The molecule has 1 aromatic heterocycles. The number of nitrogens with zero attached hydrogens (tertiary/aromatic N) is 2. The number of likely N-dealkylation sites (tertiary alicyclic amines) is 1. The Bertz CT molecular complexity index is 682. The summed E-state index contributed by atoms with van der Waals surface area (Å²) in [5, 5.41) is 7.42. The smallest absolute Gasteiger partial charge is 0.225 e. The van der Waals surface area contributed by atoms with Crippen molar-refractivity contribution in [1.29, 1.82) is 0 Å².